The summed E-state index contributed by atoms with van der Waals surface area (Å²) in [4.78, 5) is 2.66. The van der Waals surface area contributed by atoms with Crippen molar-refractivity contribution in [3.8, 4) is 5.75 Å². The van der Waals surface area contributed by atoms with E-state index in [-0.39, 0.29) is 0 Å². The summed E-state index contributed by atoms with van der Waals surface area (Å²) < 4.78 is 5.48. The van der Waals surface area contributed by atoms with Crippen LogP contribution in [0.3, 0.4) is 0 Å². The molecule has 102 valence electrons. The normalized spacial score (nSPS) is 36.7. The fraction of sp³-hybridized carbons (Fsp3) is 0.647. The van der Waals surface area contributed by atoms with Crippen molar-refractivity contribution >= 4 is 0 Å². The van der Waals surface area contributed by atoms with Gasteiger partial charge in [0, 0.05) is 12.1 Å². The number of fused-ring (bicyclic) bond motifs is 1. The molecule has 0 N–H and O–H groups in total. The van der Waals surface area contributed by atoms with Crippen LogP contribution >= 0.6 is 0 Å². The molecule has 2 heterocycles. The molecule has 19 heavy (non-hydrogen) atoms. The highest BCUT2D eigenvalue weighted by molar-refractivity contribution is 5.47. The van der Waals surface area contributed by atoms with Crippen molar-refractivity contribution in [1.29, 1.82) is 0 Å². The third-order valence-electron chi connectivity index (χ3n) is 5.95. The molecule has 4 aliphatic rings. The second-order valence-corrected chi connectivity index (χ2v) is 6.63. The largest absolute Gasteiger partial charge is 0.497 e. The van der Waals surface area contributed by atoms with Crippen molar-refractivity contribution < 1.29 is 4.74 Å². The fourth-order valence-electron chi connectivity index (χ4n) is 5.13. The second-order valence-electron chi connectivity index (χ2n) is 6.63. The van der Waals surface area contributed by atoms with E-state index in [4.69, 9.17) is 4.74 Å². The molecule has 3 unspecified atom stereocenters. The van der Waals surface area contributed by atoms with E-state index in [1.165, 1.54) is 38.6 Å². The summed E-state index contributed by atoms with van der Waals surface area (Å²) in [6.45, 7) is 1.25. The van der Waals surface area contributed by atoms with Gasteiger partial charge in [0.2, 0.25) is 0 Å². The molecule has 1 spiro atoms. The van der Waals surface area contributed by atoms with Crippen molar-refractivity contribution in [1.82, 2.24) is 4.90 Å². The summed E-state index contributed by atoms with van der Waals surface area (Å²) >= 11 is 0. The Kier molecular flexibility index (Phi) is 2.47. The minimum atomic E-state index is 0.316. The Morgan fingerprint density at radius 3 is 3.05 bits per heavy atom. The zero-order valence-corrected chi connectivity index (χ0v) is 12.0. The highest BCUT2D eigenvalue weighted by Gasteiger charge is 2.54. The number of rotatable bonds is 1. The molecule has 0 aromatic heterocycles. The van der Waals surface area contributed by atoms with Crippen LogP contribution in [0.4, 0.5) is 0 Å². The molecule has 2 nitrogen and oxygen atoms in total. The van der Waals surface area contributed by atoms with Crippen molar-refractivity contribution in [3.05, 3.63) is 29.3 Å². The van der Waals surface area contributed by atoms with Crippen LogP contribution in [0.15, 0.2) is 18.2 Å². The predicted octanol–water partition coefficient (Wildman–Crippen LogP) is 3.51. The number of methoxy groups -OCH3 is 1. The minimum absolute atomic E-state index is 0.316. The first-order chi connectivity index (χ1) is 9.25. The number of piperidine rings is 1. The molecular weight excluding hydrogens is 234 g/mol. The van der Waals surface area contributed by atoms with Crippen LogP contribution in [-0.2, 0) is 5.54 Å². The molecule has 1 aromatic rings. The first-order valence-electron chi connectivity index (χ1n) is 7.65. The highest BCUT2D eigenvalue weighted by Crippen LogP contribution is 2.59. The predicted molar refractivity (Wildman–Crippen MR) is 76.6 cm³/mol. The Hall–Kier alpha value is -1.02. The van der Waals surface area contributed by atoms with Crippen molar-refractivity contribution in [2.24, 2.45) is 5.92 Å². The van der Waals surface area contributed by atoms with E-state index in [1.807, 2.05) is 0 Å². The molecular formula is C17H23NO. The SMILES string of the molecule is COc1ccc2c(c1)C13CCCCC1CC2CN3C. The first kappa shape index (κ1) is 11.8. The molecule has 0 amide bonds. The summed E-state index contributed by atoms with van der Waals surface area (Å²) in [6, 6.07) is 6.81. The van der Waals surface area contributed by atoms with Gasteiger partial charge in [0.1, 0.15) is 5.75 Å². The molecule has 2 bridgehead atoms. The standard InChI is InChI=1S/C17H23NO/c1-18-11-12-9-13-5-3-4-8-17(13,18)16-10-14(19-2)6-7-15(12)16/h6-7,10,12-13H,3-5,8-9,11H2,1-2H3. The number of ether oxygens (including phenoxy) is 1. The Labute approximate surface area is 115 Å². The van der Waals surface area contributed by atoms with E-state index in [1.54, 1.807) is 18.2 Å². The molecule has 0 radical (unpaired) electrons. The van der Waals surface area contributed by atoms with Gasteiger partial charge in [-0.25, -0.2) is 0 Å². The third kappa shape index (κ3) is 1.41. The maximum Gasteiger partial charge on any atom is 0.119 e. The highest BCUT2D eigenvalue weighted by atomic mass is 16.5. The maximum absolute atomic E-state index is 5.48. The van der Waals surface area contributed by atoms with Crippen LogP contribution in [0.25, 0.3) is 0 Å². The van der Waals surface area contributed by atoms with Gasteiger partial charge < -0.3 is 4.74 Å². The number of likely N-dealkylation sites (N-methyl/N-ethyl adjacent to an activating group) is 1. The molecule has 3 atom stereocenters. The molecule has 5 rings (SSSR count). The van der Waals surface area contributed by atoms with Gasteiger partial charge >= 0.3 is 0 Å². The van der Waals surface area contributed by atoms with Gasteiger partial charge in [-0.15, -0.1) is 0 Å². The van der Waals surface area contributed by atoms with E-state index in [0.717, 1.165) is 17.6 Å². The van der Waals surface area contributed by atoms with E-state index in [0.29, 0.717) is 5.54 Å². The lowest BCUT2D eigenvalue weighted by molar-refractivity contribution is -0.0473. The summed E-state index contributed by atoms with van der Waals surface area (Å²) in [5, 5.41) is 0. The average molecular weight is 257 g/mol. The van der Waals surface area contributed by atoms with E-state index in [9.17, 15) is 0 Å². The Morgan fingerprint density at radius 1 is 1.32 bits per heavy atom. The van der Waals surface area contributed by atoms with Crippen LogP contribution in [-0.4, -0.2) is 25.6 Å². The lowest BCUT2D eigenvalue weighted by atomic mass is 9.56. The zero-order valence-electron chi connectivity index (χ0n) is 12.0. The van der Waals surface area contributed by atoms with Crippen molar-refractivity contribution in [3.63, 3.8) is 0 Å². The Bertz CT molecular complexity index is 512. The number of benzene rings is 1. The summed E-state index contributed by atoms with van der Waals surface area (Å²) in [6.07, 6.45) is 6.96. The average Bonchev–Trinajstić information content (AvgIpc) is 2.46. The third-order valence-corrected chi connectivity index (χ3v) is 5.95. The van der Waals surface area contributed by atoms with Crippen LogP contribution in [0.2, 0.25) is 0 Å². The van der Waals surface area contributed by atoms with Crippen molar-refractivity contribution in [2.45, 2.75) is 43.6 Å². The van der Waals surface area contributed by atoms with E-state index in [2.05, 4.69) is 30.1 Å². The maximum atomic E-state index is 5.48. The van der Waals surface area contributed by atoms with Crippen molar-refractivity contribution in [2.75, 3.05) is 20.7 Å². The number of hydrogen-bond donors (Lipinski definition) is 0. The molecule has 1 aromatic carbocycles. The molecule has 2 aliphatic carbocycles. The Morgan fingerprint density at radius 2 is 2.21 bits per heavy atom. The Balaban J connectivity index is 1.92. The van der Waals surface area contributed by atoms with E-state index < -0.39 is 0 Å². The lowest BCUT2D eigenvalue weighted by Gasteiger charge is -2.60. The topological polar surface area (TPSA) is 12.5 Å². The van der Waals surface area contributed by atoms with Gasteiger partial charge in [0.15, 0.2) is 0 Å². The summed E-state index contributed by atoms with van der Waals surface area (Å²) in [7, 11) is 4.12. The van der Waals surface area contributed by atoms with Crippen LogP contribution in [0, 0.1) is 5.92 Å². The van der Waals surface area contributed by atoms with Gasteiger partial charge in [0.05, 0.1) is 7.11 Å². The first-order valence-corrected chi connectivity index (χ1v) is 7.65. The molecule has 2 aliphatic heterocycles. The smallest absolute Gasteiger partial charge is 0.119 e. The molecule has 2 fully saturated rings. The van der Waals surface area contributed by atoms with Crippen LogP contribution < -0.4 is 4.74 Å². The molecule has 2 heteroatoms. The van der Waals surface area contributed by atoms with Gasteiger partial charge in [-0.2, -0.15) is 0 Å². The van der Waals surface area contributed by atoms with Crippen LogP contribution in [0.5, 0.6) is 5.75 Å². The number of nitrogens with zero attached hydrogens (tertiary/aromatic N) is 1. The van der Waals surface area contributed by atoms with Gasteiger partial charge in [-0.1, -0.05) is 18.9 Å². The minimum Gasteiger partial charge on any atom is -0.497 e. The second kappa shape index (κ2) is 3.99. The van der Waals surface area contributed by atoms with Gasteiger partial charge in [-0.05, 0) is 61.4 Å². The van der Waals surface area contributed by atoms with Gasteiger partial charge in [-0.3, -0.25) is 4.90 Å². The quantitative estimate of drug-likeness (QED) is 0.763. The number of hydrogen-bond acceptors (Lipinski definition) is 2. The van der Waals surface area contributed by atoms with Crippen LogP contribution in [0.1, 0.15) is 49.1 Å². The molecule has 1 saturated heterocycles. The lowest BCUT2D eigenvalue weighted by Crippen LogP contribution is -2.60. The van der Waals surface area contributed by atoms with E-state index >= 15 is 0 Å². The molecule has 1 saturated carbocycles. The van der Waals surface area contributed by atoms with Gasteiger partial charge in [0.25, 0.3) is 0 Å². The summed E-state index contributed by atoms with van der Waals surface area (Å²) in [5.41, 5.74) is 3.51. The monoisotopic (exact) mass is 257 g/mol. The fourth-order valence-corrected chi connectivity index (χ4v) is 5.13. The zero-order chi connectivity index (χ0) is 13.0. The summed E-state index contributed by atoms with van der Waals surface area (Å²) in [5.74, 6) is 2.64.